The van der Waals surface area contributed by atoms with Gasteiger partial charge in [-0.05, 0) is 42.7 Å². The zero-order valence-corrected chi connectivity index (χ0v) is 11.2. The molecule has 19 heavy (non-hydrogen) atoms. The molecule has 0 saturated carbocycles. The van der Waals surface area contributed by atoms with Crippen LogP contribution < -0.4 is 4.74 Å². The molecule has 2 heterocycles. The van der Waals surface area contributed by atoms with Crippen molar-refractivity contribution in [2.75, 3.05) is 7.11 Å². The Morgan fingerprint density at radius 1 is 1.11 bits per heavy atom. The average Bonchev–Trinajstić information content (AvgIpc) is 2.89. The summed E-state index contributed by atoms with van der Waals surface area (Å²) in [5.41, 5.74) is 6.39. The number of fused-ring (bicyclic) bond motifs is 1. The fourth-order valence-electron chi connectivity index (χ4n) is 2.20. The van der Waals surface area contributed by atoms with Gasteiger partial charge in [0.05, 0.1) is 19.0 Å². The first-order valence-corrected chi connectivity index (χ1v) is 6.14. The SMILES string of the molecule is COc1cc(-c2c[nH]c3cnnc-3c2)cc(C)c1C. The van der Waals surface area contributed by atoms with Crippen LogP contribution in [0.5, 0.6) is 5.75 Å². The zero-order valence-electron chi connectivity index (χ0n) is 11.2. The highest BCUT2D eigenvalue weighted by atomic mass is 16.5. The maximum atomic E-state index is 5.42. The van der Waals surface area contributed by atoms with Crippen LogP contribution in [0.3, 0.4) is 0 Å². The summed E-state index contributed by atoms with van der Waals surface area (Å²) in [4.78, 5) is 3.20. The molecular formula is C15H15N3O. The van der Waals surface area contributed by atoms with Gasteiger partial charge in [0.25, 0.3) is 0 Å². The van der Waals surface area contributed by atoms with Crippen LogP contribution >= 0.6 is 0 Å². The number of pyridine rings is 1. The number of aromatic nitrogens is 3. The van der Waals surface area contributed by atoms with Gasteiger partial charge >= 0.3 is 0 Å². The molecule has 4 heteroatoms. The number of hydrogen-bond acceptors (Lipinski definition) is 3. The Balaban J connectivity index is 2.16. The van der Waals surface area contributed by atoms with Crippen molar-refractivity contribution < 1.29 is 4.74 Å². The van der Waals surface area contributed by atoms with Crippen LogP contribution in [0.25, 0.3) is 22.5 Å². The summed E-state index contributed by atoms with van der Waals surface area (Å²) < 4.78 is 5.42. The van der Waals surface area contributed by atoms with Crippen LogP contribution in [0.2, 0.25) is 0 Å². The lowest BCUT2D eigenvalue weighted by Gasteiger charge is -2.11. The third-order valence-electron chi connectivity index (χ3n) is 3.48. The molecule has 0 spiro atoms. The van der Waals surface area contributed by atoms with Gasteiger partial charge in [0.1, 0.15) is 11.4 Å². The molecule has 0 aliphatic carbocycles. The summed E-state index contributed by atoms with van der Waals surface area (Å²) in [7, 11) is 1.70. The monoisotopic (exact) mass is 253 g/mol. The van der Waals surface area contributed by atoms with E-state index in [9.17, 15) is 0 Å². The molecule has 1 aromatic carbocycles. The minimum absolute atomic E-state index is 0.870. The molecule has 0 saturated heterocycles. The molecule has 4 nitrogen and oxygen atoms in total. The first-order chi connectivity index (χ1) is 9.19. The Morgan fingerprint density at radius 2 is 1.95 bits per heavy atom. The van der Waals surface area contributed by atoms with Gasteiger partial charge in [-0.3, -0.25) is 0 Å². The number of H-pyrrole nitrogens is 1. The highest BCUT2D eigenvalue weighted by Crippen LogP contribution is 2.31. The van der Waals surface area contributed by atoms with Gasteiger partial charge < -0.3 is 9.72 Å². The molecule has 0 atom stereocenters. The van der Waals surface area contributed by atoms with E-state index >= 15 is 0 Å². The molecule has 0 bridgehead atoms. The average molecular weight is 253 g/mol. The second-order valence-corrected chi connectivity index (χ2v) is 4.65. The van der Waals surface area contributed by atoms with Crippen LogP contribution in [0, 0.1) is 13.8 Å². The first-order valence-electron chi connectivity index (χ1n) is 6.14. The minimum atomic E-state index is 0.870. The molecule has 1 N–H and O–H groups in total. The molecule has 2 aliphatic heterocycles. The van der Waals surface area contributed by atoms with E-state index in [-0.39, 0.29) is 0 Å². The largest absolute Gasteiger partial charge is 0.496 e. The van der Waals surface area contributed by atoms with Gasteiger partial charge in [-0.2, -0.15) is 5.10 Å². The maximum absolute atomic E-state index is 5.42. The Kier molecular flexibility index (Phi) is 2.71. The van der Waals surface area contributed by atoms with Crippen LogP contribution in [-0.2, 0) is 0 Å². The molecule has 0 radical (unpaired) electrons. The Labute approximate surface area is 111 Å². The second-order valence-electron chi connectivity index (χ2n) is 4.65. The van der Waals surface area contributed by atoms with Crippen LogP contribution in [0.15, 0.2) is 30.6 Å². The predicted molar refractivity (Wildman–Crippen MR) is 74.5 cm³/mol. The maximum Gasteiger partial charge on any atom is 0.122 e. The van der Waals surface area contributed by atoms with Crippen molar-refractivity contribution in [3.8, 4) is 28.3 Å². The van der Waals surface area contributed by atoms with E-state index in [4.69, 9.17) is 4.74 Å². The number of benzene rings is 1. The summed E-state index contributed by atoms with van der Waals surface area (Å²) >= 11 is 0. The zero-order chi connectivity index (χ0) is 13.4. The number of aryl methyl sites for hydroxylation is 1. The molecule has 0 amide bonds. The molecule has 3 rings (SSSR count). The summed E-state index contributed by atoms with van der Waals surface area (Å²) in [5, 5.41) is 7.97. The van der Waals surface area contributed by atoms with Crippen molar-refractivity contribution >= 4 is 0 Å². The van der Waals surface area contributed by atoms with E-state index in [1.165, 1.54) is 11.1 Å². The van der Waals surface area contributed by atoms with E-state index in [2.05, 4.69) is 35.1 Å². The molecule has 1 aromatic rings. The Morgan fingerprint density at radius 3 is 2.74 bits per heavy atom. The summed E-state index contributed by atoms with van der Waals surface area (Å²) in [6.45, 7) is 4.15. The quantitative estimate of drug-likeness (QED) is 0.763. The number of rotatable bonds is 2. The lowest BCUT2D eigenvalue weighted by atomic mass is 10.00. The highest BCUT2D eigenvalue weighted by Gasteiger charge is 2.10. The van der Waals surface area contributed by atoms with E-state index in [1.54, 1.807) is 13.3 Å². The van der Waals surface area contributed by atoms with Gasteiger partial charge in [0.2, 0.25) is 0 Å². The van der Waals surface area contributed by atoms with Crippen molar-refractivity contribution in [1.82, 2.24) is 15.2 Å². The molecule has 96 valence electrons. The third kappa shape index (κ3) is 1.95. The van der Waals surface area contributed by atoms with Gasteiger partial charge in [-0.25, -0.2) is 0 Å². The third-order valence-corrected chi connectivity index (χ3v) is 3.48. The van der Waals surface area contributed by atoms with Gasteiger partial charge in [0, 0.05) is 11.8 Å². The van der Waals surface area contributed by atoms with Crippen molar-refractivity contribution in [2.45, 2.75) is 13.8 Å². The normalized spacial score (nSPS) is 10.9. The van der Waals surface area contributed by atoms with E-state index in [0.717, 1.165) is 28.3 Å². The van der Waals surface area contributed by atoms with Gasteiger partial charge in [-0.15, -0.1) is 5.10 Å². The predicted octanol–water partition coefficient (Wildman–Crippen LogP) is 3.20. The minimum Gasteiger partial charge on any atom is -0.496 e. The van der Waals surface area contributed by atoms with Crippen molar-refractivity contribution in [3.05, 3.63) is 41.7 Å². The van der Waals surface area contributed by atoms with Crippen LogP contribution in [-0.4, -0.2) is 22.3 Å². The number of ether oxygens (including phenoxy) is 1. The number of hydrogen-bond donors (Lipinski definition) is 1. The van der Waals surface area contributed by atoms with Crippen molar-refractivity contribution in [1.29, 1.82) is 0 Å². The smallest absolute Gasteiger partial charge is 0.122 e. The Hall–Kier alpha value is -2.36. The number of nitrogens with one attached hydrogen (secondary N) is 1. The summed E-state index contributed by atoms with van der Waals surface area (Å²) in [6, 6.07) is 6.24. The fourth-order valence-corrected chi connectivity index (χ4v) is 2.20. The molecule has 2 aliphatic rings. The number of aromatic amines is 1. The van der Waals surface area contributed by atoms with E-state index < -0.39 is 0 Å². The standard InChI is InChI=1S/C15H15N3O/c1-9-4-11(6-15(19-3)10(9)2)12-5-13-14(16-7-12)8-17-18-13/h4-8,16H,1-3H3. The number of nitrogens with zero attached hydrogens (tertiary/aromatic N) is 2. The molecule has 0 unspecified atom stereocenters. The molecular weight excluding hydrogens is 238 g/mol. The van der Waals surface area contributed by atoms with Crippen LogP contribution in [0.4, 0.5) is 0 Å². The summed E-state index contributed by atoms with van der Waals surface area (Å²) in [6.07, 6.45) is 3.69. The molecule has 0 aromatic heterocycles. The Bertz CT molecular complexity index is 703. The van der Waals surface area contributed by atoms with E-state index in [0.29, 0.717) is 0 Å². The van der Waals surface area contributed by atoms with Gasteiger partial charge in [0.15, 0.2) is 0 Å². The van der Waals surface area contributed by atoms with Crippen LogP contribution in [0.1, 0.15) is 11.1 Å². The van der Waals surface area contributed by atoms with Crippen molar-refractivity contribution in [3.63, 3.8) is 0 Å². The second kappa shape index (κ2) is 4.39. The highest BCUT2D eigenvalue weighted by molar-refractivity contribution is 5.71. The first kappa shape index (κ1) is 11.7. The summed E-state index contributed by atoms with van der Waals surface area (Å²) in [5.74, 6) is 0.906. The fraction of sp³-hybridized carbons (Fsp3) is 0.200. The topological polar surface area (TPSA) is 50.8 Å². The number of methoxy groups -OCH3 is 1. The van der Waals surface area contributed by atoms with E-state index in [1.807, 2.05) is 18.3 Å². The van der Waals surface area contributed by atoms with Gasteiger partial charge in [-0.1, -0.05) is 6.07 Å². The lowest BCUT2D eigenvalue weighted by molar-refractivity contribution is 0.411. The van der Waals surface area contributed by atoms with Crippen molar-refractivity contribution in [2.24, 2.45) is 0 Å². The molecule has 0 fully saturated rings. The lowest BCUT2D eigenvalue weighted by Crippen LogP contribution is -1.93.